The molecule has 148 valence electrons. The molecule has 7 heteroatoms. The second-order valence-corrected chi connectivity index (χ2v) is 7.41. The number of carbonyl (C=O) groups excluding carboxylic acids is 2. The molecule has 0 bridgehead atoms. The van der Waals surface area contributed by atoms with Crippen LogP contribution < -0.4 is 10.6 Å². The van der Waals surface area contributed by atoms with Gasteiger partial charge >= 0.3 is 6.03 Å². The number of urea groups is 1. The molecule has 0 unspecified atom stereocenters. The molecule has 2 heterocycles. The van der Waals surface area contributed by atoms with E-state index in [1.165, 1.54) is 23.5 Å². The van der Waals surface area contributed by atoms with Crippen molar-refractivity contribution in [3.63, 3.8) is 0 Å². The molecule has 1 aromatic rings. The zero-order valence-corrected chi connectivity index (χ0v) is 15.9. The van der Waals surface area contributed by atoms with Crippen molar-refractivity contribution in [3.8, 4) is 0 Å². The van der Waals surface area contributed by atoms with E-state index in [0.717, 1.165) is 32.5 Å². The van der Waals surface area contributed by atoms with Crippen LogP contribution in [-0.4, -0.2) is 61.0 Å². The molecule has 6 nitrogen and oxygen atoms in total. The second-order valence-electron chi connectivity index (χ2n) is 7.41. The molecule has 0 spiro atoms. The monoisotopic (exact) mass is 376 g/mol. The maximum Gasteiger partial charge on any atom is 0.318 e. The molecule has 0 saturated carbocycles. The summed E-state index contributed by atoms with van der Waals surface area (Å²) >= 11 is 0. The summed E-state index contributed by atoms with van der Waals surface area (Å²) in [7, 11) is 0. The summed E-state index contributed by atoms with van der Waals surface area (Å²) in [6.45, 7) is 6.92. The van der Waals surface area contributed by atoms with Gasteiger partial charge in [0.25, 0.3) is 0 Å². The fourth-order valence-corrected chi connectivity index (χ4v) is 3.96. The minimum absolute atomic E-state index is 0.255. The lowest BCUT2D eigenvalue weighted by atomic mass is 9.96. The molecule has 2 aliphatic heterocycles. The van der Waals surface area contributed by atoms with Crippen LogP contribution in [0, 0.1) is 11.7 Å². The third-order valence-electron chi connectivity index (χ3n) is 5.43. The first kappa shape index (κ1) is 19.6. The molecule has 3 amide bonds. The highest BCUT2D eigenvalue weighted by atomic mass is 19.1. The van der Waals surface area contributed by atoms with Gasteiger partial charge < -0.3 is 20.4 Å². The molecular weight excluding hydrogens is 347 g/mol. The Hall–Kier alpha value is -2.15. The number of piperidine rings is 1. The number of amides is 3. The van der Waals surface area contributed by atoms with Gasteiger partial charge in [-0.25, -0.2) is 9.18 Å². The lowest BCUT2D eigenvalue weighted by molar-refractivity contribution is -0.127. The van der Waals surface area contributed by atoms with Gasteiger partial charge in [0.1, 0.15) is 11.9 Å². The highest BCUT2D eigenvalue weighted by Gasteiger charge is 2.34. The summed E-state index contributed by atoms with van der Waals surface area (Å²) in [6, 6.07) is 4.85. The molecule has 1 aromatic carbocycles. The summed E-state index contributed by atoms with van der Waals surface area (Å²) in [6.07, 6.45) is 3.32. The number of likely N-dealkylation sites (tertiary alicyclic amines) is 1. The van der Waals surface area contributed by atoms with Crippen LogP contribution in [0.1, 0.15) is 37.8 Å². The number of benzene rings is 1. The van der Waals surface area contributed by atoms with Crippen LogP contribution in [-0.2, 0) is 4.79 Å². The van der Waals surface area contributed by atoms with E-state index in [-0.39, 0.29) is 11.9 Å². The molecule has 2 N–H and O–H groups in total. The van der Waals surface area contributed by atoms with Crippen LogP contribution >= 0.6 is 0 Å². The summed E-state index contributed by atoms with van der Waals surface area (Å²) < 4.78 is 13.6. The predicted octanol–water partition coefficient (Wildman–Crippen LogP) is 2.13. The first-order chi connectivity index (χ1) is 13.1. The Balaban J connectivity index is 1.58. The first-order valence-corrected chi connectivity index (χ1v) is 9.88. The quantitative estimate of drug-likeness (QED) is 0.828. The van der Waals surface area contributed by atoms with Crippen molar-refractivity contribution in [1.29, 1.82) is 0 Å². The summed E-state index contributed by atoms with van der Waals surface area (Å²) in [4.78, 5) is 29.1. The number of rotatable bonds is 5. The topological polar surface area (TPSA) is 64.7 Å². The van der Waals surface area contributed by atoms with Crippen LogP contribution in [0.4, 0.5) is 9.18 Å². The van der Waals surface area contributed by atoms with Crippen LogP contribution in [0.5, 0.6) is 0 Å². The van der Waals surface area contributed by atoms with Crippen molar-refractivity contribution >= 4 is 11.9 Å². The number of halogens is 1. The normalized spacial score (nSPS) is 21.8. The van der Waals surface area contributed by atoms with E-state index >= 15 is 0 Å². The Bertz CT molecular complexity index is 661. The average Bonchev–Trinajstić information content (AvgIpc) is 2.67. The van der Waals surface area contributed by atoms with E-state index in [2.05, 4.69) is 22.5 Å². The van der Waals surface area contributed by atoms with Crippen LogP contribution in [0.2, 0.25) is 0 Å². The highest BCUT2D eigenvalue weighted by Crippen LogP contribution is 2.24. The van der Waals surface area contributed by atoms with E-state index in [1.807, 2.05) is 0 Å². The molecule has 2 fully saturated rings. The summed E-state index contributed by atoms with van der Waals surface area (Å²) in [5.41, 5.74) is 0.496. The van der Waals surface area contributed by atoms with Crippen molar-refractivity contribution in [2.75, 3.05) is 39.3 Å². The fraction of sp³-hybridized carbons (Fsp3) is 0.600. The Morgan fingerprint density at radius 1 is 1.30 bits per heavy atom. The Kier molecular flexibility index (Phi) is 6.66. The first-order valence-electron chi connectivity index (χ1n) is 9.88. The Morgan fingerprint density at radius 3 is 2.78 bits per heavy atom. The van der Waals surface area contributed by atoms with E-state index in [1.54, 1.807) is 12.1 Å². The number of nitrogens with one attached hydrogen (secondary N) is 2. The van der Waals surface area contributed by atoms with Gasteiger partial charge in [-0.2, -0.15) is 0 Å². The number of hydrogen-bond donors (Lipinski definition) is 2. The molecule has 0 aliphatic carbocycles. The molecule has 3 rings (SSSR count). The fourth-order valence-electron chi connectivity index (χ4n) is 3.96. The van der Waals surface area contributed by atoms with Gasteiger partial charge in [-0.3, -0.25) is 4.79 Å². The van der Waals surface area contributed by atoms with E-state index in [9.17, 15) is 14.0 Å². The van der Waals surface area contributed by atoms with Crippen LogP contribution in [0.25, 0.3) is 0 Å². The van der Waals surface area contributed by atoms with Crippen molar-refractivity contribution in [3.05, 3.63) is 35.6 Å². The maximum atomic E-state index is 13.6. The van der Waals surface area contributed by atoms with Gasteiger partial charge in [-0.15, -0.1) is 0 Å². The van der Waals surface area contributed by atoms with Gasteiger partial charge in [0.05, 0.1) is 0 Å². The number of piperazine rings is 1. The summed E-state index contributed by atoms with van der Waals surface area (Å²) in [5.74, 6) is -0.215. The zero-order valence-electron chi connectivity index (χ0n) is 15.9. The average molecular weight is 376 g/mol. The van der Waals surface area contributed by atoms with E-state index < -0.39 is 11.9 Å². The zero-order chi connectivity index (χ0) is 19.2. The van der Waals surface area contributed by atoms with Crippen molar-refractivity contribution in [2.24, 2.45) is 5.92 Å². The predicted molar refractivity (Wildman–Crippen MR) is 102 cm³/mol. The van der Waals surface area contributed by atoms with Gasteiger partial charge in [-0.1, -0.05) is 19.1 Å². The molecule has 0 aromatic heterocycles. The molecule has 2 aliphatic rings. The van der Waals surface area contributed by atoms with Crippen molar-refractivity contribution in [2.45, 2.75) is 32.2 Å². The minimum atomic E-state index is -0.791. The second kappa shape index (κ2) is 9.17. The maximum absolute atomic E-state index is 13.6. The van der Waals surface area contributed by atoms with Gasteiger partial charge in [-0.05, 0) is 62.5 Å². The van der Waals surface area contributed by atoms with E-state index in [4.69, 9.17) is 0 Å². The SMILES string of the molecule is CCCN1CCC(CNC(=O)N2CCNC(=O)[C@@H]2c2cccc(F)c2)CC1. The minimum Gasteiger partial charge on any atom is -0.352 e. The lowest BCUT2D eigenvalue weighted by Crippen LogP contribution is -2.55. The van der Waals surface area contributed by atoms with Gasteiger partial charge in [0.2, 0.25) is 5.91 Å². The van der Waals surface area contributed by atoms with Crippen molar-refractivity contribution in [1.82, 2.24) is 20.4 Å². The molecule has 2 saturated heterocycles. The molecular formula is C20H29FN4O2. The Morgan fingerprint density at radius 2 is 2.07 bits per heavy atom. The number of carbonyl (C=O) groups is 2. The Labute approximate surface area is 160 Å². The highest BCUT2D eigenvalue weighted by molar-refractivity contribution is 5.89. The van der Waals surface area contributed by atoms with Gasteiger partial charge in [0.15, 0.2) is 0 Å². The summed E-state index contributed by atoms with van der Waals surface area (Å²) in [5, 5.41) is 5.77. The van der Waals surface area contributed by atoms with Crippen LogP contribution in [0.15, 0.2) is 24.3 Å². The van der Waals surface area contributed by atoms with Gasteiger partial charge in [0, 0.05) is 19.6 Å². The number of nitrogens with zero attached hydrogens (tertiary/aromatic N) is 2. The lowest BCUT2D eigenvalue weighted by Gasteiger charge is -2.36. The third-order valence-corrected chi connectivity index (χ3v) is 5.43. The molecule has 27 heavy (non-hydrogen) atoms. The number of hydrogen-bond acceptors (Lipinski definition) is 3. The smallest absolute Gasteiger partial charge is 0.318 e. The molecule has 0 radical (unpaired) electrons. The van der Waals surface area contributed by atoms with Crippen molar-refractivity contribution < 1.29 is 14.0 Å². The van der Waals surface area contributed by atoms with E-state index in [0.29, 0.717) is 31.1 Å². The molecule has 1 atom stereocenters. The van der Waals surface area contributed by atoms with Crippen LogP contribution in [0.3, 0.4) is 0 Å². The third kappa shape index (κ3) is 4.97. The largest absolute Gasteiger partial charge is 0.352 e. The standard InChI is InChI=1S/C20H29FN4O2/c1-2-9-24-10-6-15(7-11-24)14-23-20(27)25-12-8-22-19(26)18(25)16-4-3-5-17(21)13-16/h3-5,13,15,18H,2,6-12,14H2,1H3,(H,22,26)(H,23,27)/t18-/m0/s1.